The van der Waals surface area contributed by atoms with E-state index >= 15 is 0 Å². The number of alkyl halides is 3. The van der Waals surface area contributed by atoms with E-state index in [2.05, 4.69) is 21.4 Å². The van der Waals surface area contributed by atoms with E-state index in [1.807, 2.05) is 0 Å². The Morgan fingerprint density at radius 1 is 1.35 bits per heavy atom. The van der Waals surface area contributed by atoms with Crippen molar-refractivity contribution in [2.24, 2.45) is 0 Å². The van der Waals surface area contributed by atoms with Crippen LogP contribution in [-0.4, -0.2) is 28.2 Å². The smallest absolute Gasteiger partial charge is 0.368 e. The minimum Gasteiger partial charge on any atom is -0.368 e. The first kappa shape index (κ1) is 13.6. The maximum atomic E-state index is 12.2. The highest BCUT2D eigenvalue weighted by molar-refractivity contribution is 7.99. The average Bonchev–Trinajstić information content (AvgIpc) is 2.28. The van der Waals surface area contributed by atoms with Crippen molar-refractivity contribution >= 4 is 17.6 Å². The first-order valence-electron chi connectivity index (χ1n) is 4.70. The van der Waals surface area contributed by atoms with Crippen LogP contribution in [0.4, 0.5) is 19.0 Å². The molecular formula is C10H10F3N3S. The number of hydrogen-bond donors (Lipinski definition) is 1. The van der Waals surface area contributed by atoms with E-state index in [9.17, 15) is 13.2 Å². The van der Waals surface area contributed by atoms with E-state index < -0.39 is 11.9 Å². The van der Waals surface area contributed by atoms with Crippen LogP contribution in [0.1, 0.15) is 5.69 Å². The molecule has 0 spiro atoms. The number of halogens is 3. The monoisotopic (exact) mass is 261 g/mol. The Bertz CT molecular complexity index is 383. The Balaban J connectivity index is 2.39. The fourth-order valence-corrected chi connectivity index (χ4v) is 1.47. The molecule has 0 amide bonds. The zero-order valence-corrected chi connectivity index (χ0v) is 9.61. The molecule has 92 valence electrons. The van der Waals surface area contributed by atoms with Gasteiger partial charge in [0.05, 0.1) is 5.75 Å². The van der Waals surface area contributed by atoms with Gasteiger partial charge in [-0.15, -0.1) is 28.4 Å². The van der Waals surface area contributed by atoms with Crippen molar-refractivity contribution < 1.29 is 13.2 Å². The summed E-state index contributed by atoms with van der Waals surface area (Å²) in [7, 11) is 0. The number of hydrogen-bond acceptors (Lipinski definition) is 4. The predicted octanol–water partition coefficient (Wildman–Crippen LogP) is 2.27. The normalized spacial score (nSPS) is 10.9. The third-order valence-corrected chi connectivity index (χ3v) is 2.56. The predicted molar refractivity (Wildman–Crippen MR) is 61.7 cm³/mol. The molecule has 1 rings (SSSR count). The number of aromatic nitrogens is 2. The number of anilines is 1. The quantitative estimate of drug-likeness (QED) is 0.652. The summed E-state index contributed by atoms with van der Waals surface area (Å²) in [6.45, 7) is 0.576. The molecule has 17 heavy (non-hydrogen) atoms. The molecule has 0 unspecified atom stereocenters. The highest BCUT2D eigenvalue weighted by atomic mass is 32.2. The van der Waals surface area contributed by atoms with E-state index in [0.717, 1.165) is 11.8 Å². The van der Waals surface area contributed by atoms with Gasteiger partial charge in [0.2, 0.25) is 0 Å². The lowest BCUT2D eigenvalue weighted by atomic mass is 10.4. The molecule has 0 aliphatic rings. The average molecular weight is 261 g/mol. The van der Waals surface area contributed by atoms with E-state index in [0.29, 0.717) is 18.1 Å². The summed E-state index contributed by atoms with van der Waals surface area (Å²) in [5, 5.41) is 9.37. The lowest BCUT2D eigenvalue weighted by molar-refractivity contribution is -0.141. The zero-order chi connectivity index (χ0) is 12.7. The summed E-state index contributed by atoms with van der Waals surface area (Å²) in [5.41, 5.74) is -0.996. The van der Waals surface area contributed by atoms with Crippen molar-refractivity contribution in [3.8, 4) is 12.3 Å². The fraction of sp³-hybridized carbons (Fsp3) is 0.400. The number of rotatable bonds is 5. The number of thioether (sulfide) groups is 1. The van der Waals surface area contributed by atoms with Crippen LogP contribution in [0.3, 0.4) is 0 Å². The maximum absolute atomic E-state index is 12.2. The van der Waals surface area contributed by atoms with Crippen molar-refractivity contribution in [1.29, 1.82) is 0 Å². The molecule has 0 radical (unpaired) electrons. The van der Waals surface area contributed by atoms with Crippen molar-refractivity contribution in [2.45, 2.75) is 6.18 Å². The molecule has 1 aromatic heterocycles. The molecule has 1 N–H and O–H groups in total. The van der Waals surface area contributed by atoms with Gasteiger partial charge in [-0.3, -0.25) is 0 Å². The maximum Gasteiger partial charge on any atom is 0.435 e. The standard InChI is InChI=1S/C10H10F3N3S/c1-2-6-17-7-5-14-9-4-3-8(15-16-9)10(11,12)13/h1,3-4H,5-7H2,(H,14,16). The van der Waals surface area contributed by atoms with Gasteiger partial charge in [0, 0.05) is 12.3 Å². The molecule has 0 aliphatic heterocycles. The van der Waals surface area contributed by atoms with Crippen molar-refractivity contribution in [3.63, 3.8) is 0 Å². The van der Waals surface area contributed by atoms with Gasteiger partial charge in [0.25, 0.3) is 0 Å². The molecule has 7 heteroatoms. The number of nitrogens with zero attached hydrogens (tertiary/aromatic N) is 2. The third kappa shape index (κ3) is 4.95. The molecule has 0 bridgehead atoms. The first-order chi connectivity index (χ1) is 8.04. The molecule has 0 aliphatic carbocycles. The van der Waals surface area contributed by atoms with Crippen LogP contribution in [0.25, 0.3) is 0 Å². The van der Waals surface area contributed by atoms with Crippen LogP contribution in [0.2, 0.25) is 0 Å². The summed E-state index contributed by atoms with van der Waals surface area (Å²) in [6.07, 6.45) is 0.609. The van der Waals surface area contributed by atoms with Crippen molar-refractivity contribution in [2.75, 3.05) is 23.4 Å². The largest absolute Gasteiger partial charge is 0.435 e. The first-order valence-corrected chi connectivity index (χ1v) is 5.85. The summed E-state index contributed by atoms with van der Waals surface area (Å²) < 4.78 is 36.5. The van der Waals surface area contributed by atoms with Gasteiger partial charge in [-0.1, -0.05) is 5.92 Å². The molecule has 1 aromatic rings. The van der Waals surface area contributed by atoms with Crippen LogP contribution in [0.5, 0.6) is 0 Å². The van der Waals surface area contributed by atoms with Gasteiger partial charge < -0.3 is 5.32 Å². The van der Waals surface area contributed by atoms with E-state index in [1.165, 1.54) is 6.07 Å². The van der Waals surface area contributed by atoms with Gasteiger partial charge >= 0.3 is 6.18 Å². The fourth-order valence-electron chi connectivity index (χ4n) is 0.960. The zero-order valence-electron chi connectivity index (χ0n) is 8.79. The van der Waals surface area contributed by atoms with E-state index in [-0.39, 0.29) is 0 Å². The van der Waals surface area contributed by atoms with Crippen molar-refractivity contribution in [1.82, 2.24) is 10.2 Å². The van der Waals surface area contributed by atoms with Gasteiger partial charge in [0.1, 0.15) is 5.82 Å². The van der Waals surface area contributed by atoms with Gasteiger partial charge in [-0.05, 0) is 12.1 Å². The second-order valence-corrected chi connectivity index (χ2v) is 4.09. The molecule has 3 nitrogen and oxygen atoms in total. The van der Waals surface area contributed by atoms with Crippen molar-refractivity contribution in [3.05, 3.63) is 17.8 Å². The number of terminal acetylenes is 1. The Morgan fingerprint density at radius 2 is 2.12 bits per heavy atom. The highest BCUT2D eigenvalue weighted by Gasteiger charge is 2.32. The Morgan fingerprint density at radius 3 is 2.65 bits per heavy atom. The Hall–Kier alpha value is -1.42. The topological polar surface area (TPSA) is 37.8 Å². The van der Waals surface area contributed by atoms with Crippen LogP contribution in [0, 0.1) is 12.3 Å². The summed E-state index contributed by atoms with van der Waals surface area (Å²) in [5.74, 6) is 4.16. The molecule has 0 saturated heterocycles. The SMILES string of the molecule is C#CCSCCNc1ccc(C(F)(F)F)nn1. The second-order valence-electron chi connectivity index (χ2n) is 2.99. The van der Waals surface area contributed by atoms with Gasteiger partial charge in [-0.25, -0.2) is 0 Å². The summed E-state index contributed by atoms with van der Waals surface area (Å²) in [6, 6.07) is 2.14. The van der Waals surface area contributed by atoms with Crippen LogP contribution in [0.15, 0.2) is 12.1 Å². The summed E-state index contributed by atoms with van der Waals surface area (Å²) >= 11 is 1.55. The molecule has 0 aromatic carbocycles. The lowest BCUT2D eigenvalue weighted by Gasteiger charge is -2.06. The minimum absolute atomic E-state index is 0.319. The molecular weight excluding hydrogens is 251 g/mol. The van der Waals surface area contributed by atoms with Gasteiger partial charge in [-0.2, -0.15) is 13.2 Å². The number of nitrogens with one attached hydrogen (secondary N) is 1. The lowest BCUT2D eigenvalue weighted by Crippen LogP contribution is -2.11. The van der Waals surface area contributed by atoms with E-state index in [1.54, 1.807) is 11.8 Å². The van der Waals surface area contributed by atoms with Crippen LogP contribution < -0.4 is 5.32 Å². The van der Waals surface area contributed by atoms with Crippen LogP contribution >= 0.6 is 11.8 Å². The molecule has 1 heterocycles. The van der Waals surface area contributed by atoms with Crippen LogP contribution in [-0.2, 0) is 6.18 Å². The third-order valence-electron chi connectivity index (χ3n) is 1.69. The van der Waals surface area contributed by atoms with Gasteiger partial charge in [0.15, 0.2) is 5.69 Å². The molecule has 0 saturated carbocycles. The highest BCUT2D eigenvalue weighted by Crippen LogP contribution is 2.26. The Kier molecular flexibility index (Phi) is 5.10. The Labute approximate surface area is 101 Å². The summed E-state index contributed by atoms with van der Waals surface area (Å²) in [4.78, 5) is 0. The van der Waals surface area contributed by atoms with E-state index in [4.69, 9.17) is 6.42 Å². The molecule has 0 fully saturated rings. The second kappa shape index (κ2) is 6.35. The minimum atomic E-state index is -4.45. The molecule has 0 atom stereocenters.